The maximum absolute atomic E-state index is 14.0. The Bertz CT molecular complexity index is 1790. The number of aromatic nitrogens is 6. The fourth-order valence-electron chi connectivity index (χ4n) is 4.60. The number of allylic oxidation sites excluding steroid dienone is 2. The van der Waals surface area contributed by atoms with E-state index in [0.717, 1.165) is 32.7 Å². The Morgan fingerprint density at radius 3 is 2.23 bits per heavy atom. The van der Waals surface area contributed by atoms with Crippen LogP contribution >= 0.6 is 23.2 Å². The Morgan fingerprint density at radius 2 is 1.61 bits per heavy atom. The number of hydrogen-bond donors (Lipinski definition) is 0. The van der Waals surface area contributed by atoms with Gasteiger partial charge in [0, 0.05) is 17.3 Å². The summed E-state index contributed by atoms with van der Waals surface area (Å²) in [4.78, 5) is 22.3. The Morgan fingerprint density at radius 1 is 0.932 bits per heavy atom. The molecule has 1 aliphatic heterocycles. The fraction of sp³-hybridized carbons (Fsp3) is 0.296. The van der Waals surface area contributed by atoms with Crippen LogP contribution in [0.1, 0.15) is 56.5 Å². The number of anilines is 1. The molecule has 0 spiro atoms. The number of pyridine rings is 1. The van der Waals surface area contributed by atoms with Gasteiger partial charge in [0.2, 0.25) is 0 Å². The van der Waals surface area contributed by atoms with Crippen molar-refractivity contribution in [1.82, 2.24) is 29.5 Å². The van der Waals surface area contributed by atoms with Crippen molar-refractivity contribution >= 4 is 40.7 Å². The molecule has 1 atom stereocenters. The maximum Gasteiger partial charge on any atom is 0.435 e. The van der Waals surface area contributed by atoms with Gasteiger partial charge in [0.15, 0.2) is 17.3 Å². The van der Waals surface area contributed by atoms with E-state index in [-0.39, 0.29) is 44.3 Å². The number of halogens is 8. The summed E-state index contributed by atoms with van der Waals surface area (Å²) < 4.78 is 90.0. The number of carbonyl (C=O) groups excluding carboxylic acids is 1. The molecule has 232 valence electrons. The fourth-order valence-corrected chi connectivity index (χ4v) is 4.90. The van der Waals surface area contributed by atoms with Gasteiger partial charge in [-0.15, -0.1) is 0 Å². The minimum atomic E-state index is -4.91. The Balaban J connectivity index is 1.82. The second-order valence-electron chi connectivity index (χ2n) is 10.6. The lowest BCUT2D eigenvalue weighted by atomic mass is 9.94. The van der Waals surface area contributed by atoms with Gasteiger partial charge in [-0.05, 0) is 57.5 Å². The molecular formula is C27H21Cl2F6N7O2. The van der Waals surface area contributed by atoms with Crippen molar-refractivity contribution in [1.29, 1.82) is 0 Å². The summed E-state index contributed by atoms with van der Waals surface area (Å²) in [6, 6.07) is 6.85. The van der Waals surface area contributed by atoms with Gasteiger partial charge in [0.1, 0.15) is 29.5 Å². The molecule has 4 aromatic rings. The van der Waals surface area contributed by atoms with Crippen LogP contribution in [0.15, 0.2) is 54.5 Å². The first kappa shape index (κ1) is 31.3. The zero-order chi connectivity index (χ0) is 32.4. The third kappa shape index (κ3) is 5.85. The van der Waals surface area contributed by atoms with Crippen LogP contribution in [0.4, 0.5) is 37.0 Å². The highest BCUT2D eigenvalue weighted by Crippen LogP contribution is 2.47. The number of carbonyl (C=O) groups is 1. The van der Waals surface area contributed by atoms with Gasteiger partial charge in [-0.2, -0.15) is 41.2 Å². The molecule has 17 heteroatoms. The van der Waals surface area contributed by atoms with Crippen molar-refractivity contribution in [3.05, 3.63) is 87.3 Å². The molecule has 44 heavy (non-hydrogen) atoms. The molecule has 5 rings (SSSR count). The van der Waals surface area contributed by atoms with Crippen molar-refractivity contribution in [2.75, 3.05) is 4.90 Å². The summed E-state index contributed by atoms with van der Waals surface area (Å²) in [6.07, 6.45) is -9.72. The molecule has 0 saturated carbocycles. The monoisotopic (exact) mass is 659 g/mol. The summed E-state index contributed by atoms with van der Waals surface area (Å²) in [5.41, 5.74) is -3.26. The molecule has 0 fully saturated rings. The molecule has 0 N–H and O–H groups in total. The number of rotatable bonds is 3. The highest BCUT2D eigenvalue weighted by atomic mass is 35.5. The molecular weight excluding hydrogens is 639 g/mol. The van der Waals surface area contributed by atoms with Crippen molar-refractivity contribution in [3.8, 4) is 5.82 Å². The van der Waals surface area contributed by atoms with Crippen molar-refractivity contribution in [2.45, 2.75) is 51.7 Å². The molecule has 0 aliphatic carbocycles. The summed E-state index contributed by atoms with van der Waals surface area (Å²) in [5.74, 6) is -0.743. The van der Waals surface area contributed by atoms with Gasteiger partial charge in [-0.1, -0.05) is 35.3 Å². The van der Waals surface area contributed by atoms with Crippen LogP contribution in [0.2, 0.25) is 10.0 Å². The van der Waals surface area contributed by atoms with Gasteiger partial charge in [-0.25, -0.2) is 24.3 Å². The van der Waals surface area contributed by atoms with Gasteiger partial charge in [-0.3, -0.25) is 0 Å². The number of amides is 1. The lowest BCUT2D eigenvalue weighted by Gasteiger charge is -2.36. The second-order valence-corrected chi connectivity index (χ2v) is 11.4. The zero-order valence-electron chi connectivity index (χ0n) is 23.2. The number of ether oxygens (including phenoxy) is 1. The van der Waals surface area contributed by atoms with E-state index in [1.807, 2.05) is 0 Å². The summed E-state index contributed by atoms with van der Waals surface area (Å²) in [6.45, 7) is 6.14. The normalized spacial score (nSPS) is 15.9. The van der Waals surface area contributed by atoms with E-state index in [0.29, 0.717) is 6.07 Å². The smallest absolute Gasteiger partial charge is 0.435 e. The van der Waals surface area contributed by atoms with Gasteiger partial charge < -0.3 is 4.74 Å². The van der Waals surface area contributed by atoms with Gasteiger partial charge in [0.25, 0.3) is 0 Å². The number of benzene rings is 1. The quantitative estimate of drug-likeness (QED) is 0.207. The predicted octanol–water partition coefficient (Wildman–Crippen LogP) is 7.98. The molecule has 1 aliphatic rings. The van der Waals surface area contributed by atoms with E-state index in [1.165, 1.54) is 31.2 Å². The van der Waals surface area contributed by atoms with Crippen LogP contribution in [0.3, 0.4) is 0 Å². The summed E-state index contributed by atoms with van der Waals surface area (Å²) in [5, 5.41) is 8.08. The summed E-state index contributed by atoms with van der Waals surface area (Å²) >= 11 is 12.4. The molecule has 0 radical (unpaired) electrons. The Kier molecular flexibility index (Phi) is 7.69. The SMILES string of the molecule is CC1=C(c2ncnn2-c2cccc(C(F)(F)F)n2)[C@@H](c2ccc(Cl)c(Cl)c2)n2nc(C(F)(F)F)cc2N1C(=O)OC(C)(C)C. The lowest BCUT2D eigenvalue weighted by molar-refractivity contribution is -0.142. The molecule has 0 unspecified atom stereocenters. The number of alkyl halides is 6. The molecule has 1 aromatic carbocycles. The van der Waals surface area contributed by atoms with E-state index >= 15 is 0 Å². The first-order valence-electron chi connectivity index (χ1n) is 12.7. The molecule has 0 bridgehead atoms. The minimum Gasteiger partial charge on any atom is -0.443 e. The van der Waals surface area contributed by atoms with Crippen LogP contribution < -0.4 is 4.90 Å². The third-order valence-corrected chi connectivity index (χ3v) is 7.08. The van der Waals surface area contributed by atoms with Crippen molar-refractivity contribution in [2.24, 2.45) is 0 Å². The Hall–Kier alpha value is -4.11. The van der Waals surface area contributed by atoms with E-state index in [4.69, 9.17) is 27.9 Å². The second kappa shape index (κ2) is 10.8. The van der Waals surface area contributed by atoms with Crippen molar-refractivity contribution < 1.29 is 35.9 Å². The lowest BCUT2D eigenvalue weighted by Crippen LogP contribution is -2.41. The Labute approximate surface area is 255 Å². The molecule has 9 nitrogen and oxygen atoms in total. The predicted molar refractivity (Wildman–Crippen MR) is 147 cm³/mol. The molecule has 4 heterocycles. The first-order chi connectivity index (χ1) is 20.4. The average Bonchev–Trinajstić information content (AvgIpc) is 3.56. The van der Waals surface area contributed by atoms with E-state index < -0.39 is 41.5 Å². The van der Waals surface area contributed by atoms with Crippen LogP contribution in [0.25, 0.3) is 11.4 Å². The van der Waals surface area contributed by atoms with Crippen LogP contribution in [0.5, 0.6) is 0 Å². The number of hydrogen-bond acceptors (Lipinski definition) is 6. The standard InChI is InChI=1S/C27H21Cl2F6N7O2/c1-13-21(23-36-12-37-41(23)19-7-5-6-17(38-19)26(30,31)32)22(14-8-9-15(28)16(29)10-14)42-20(11-18(39-42)27(33,34)35)40(13)24(43)44-25(2,3)4/h5-12,22H,1-4H3/t22-/m1/s1. The van der Waals surface area contributed by atoms with Crippen molar-refractivity contribution in [3.63, 3.8) is 0 Å². The van der Waals surface area contributed by atoms with E-state index in [1.54, 1.807) is 20.8 Å². The van der Waals surface area contributed by atoms with Gasteiger partial charge >= 0.3 is 18.4 Å². The third-order valence-electron chi connectivity index (χ3n) is 6.34. The topological polar surface area (TPSA) is 91.0 Å². The molecule has 0 saturated heterocycles. The van der Waals surface area contributed by atoms with E-state index in [2.05, 4.69) is 20.2 Å². The number of nitrogens with zero attached hydrogens (tertiary/aromatic N) is 7. The molecule has 1 amide bonds. The summed E-state index contributed by atoms with van der Waals surface area (Å²) in [7, 11) is 0. The largest absolute Gasteiger partial charge is 0.443 e. The van der Waals surface area contributed by atoms with E-state index in [9.17, 15) is 31.1 Å². The van der Waals surface area contributed by atoms with Crippen LogP contribution in [-0.2, 0) is 17.1 Å². The minimum absolute atomic E-state index is 0.0256. The highest BCUT2D eigenvalue weighted by Gasteiger charge is 2.44. The molecule has 3 aromatic heterocycles. The zero-order valence-corrected chi connectivity index (χ0v) is 24.7. The van der Waals surface area contributed by atoms with Crippen LogP contribution in [0, 0.1) is 0 Å². The first-order valence-corrected chi connectivity index (χ1v) is 13.4. The number of fused-ring (bicyclic) bond motifs is 1. The average molecular weight is 660 g/mol. The highest BCUT2D eigenvalue weighted by molar-refractivity contribution is 6.42. The van der Waals surface area contributed by atoms with Gasteiger partial charge in [0.05, 0.1) is 10.0 Å². The maximum atomic E-state index is 14.0. The van der Waals surface area contributed by atoms with Crippen LogP contribution in [-0.4, -0.2) is 41.2 Å².